The number of hydrogen-bond donors (Lipinski definition) is 2. The molecule has 26 heavy (non-hydrogen) atoms. The largest absolute Gasteiger partial charge is 0.475 e. The minimum absolute atomic E-state index is 0.120. The number of benzene rings is 1. The standard InChI is InChI=1S/C17H19F2N3O2S2/c18-13-6-1-3-11(16(13)19)10-25-17-20-14(22-26-12-4-2-5-12)9-15(21-17)24-8-7-23/h1,3,6,9,12,23H,2,4-5,7-8,10H2,(H,20,21,22). The molecule has 1 saturated carbocycles. The van der Waals surface area contributed by atoms with E-state index in [-0.39, 0.29) is 24.5 Å². The molecule has 140 valence electrons. The van der Waals surface area contributed by atoms with Crippen molar-refractivity contribution in [1.82, 2.24) is 9.97 Å². The summed E-state index contributed by atoms with van der Waals surface area (Å²) < 4.78 is 35.7. The third-order valence-electron chi connectivity index (χ3n) is 3.79. The zero-order valence-electron chi connectivity index (χ0n) is 14.0. The zero-order chi connectivity index (χ0) is 18.4. The van der Waals surface area contributed by atoms with Crippen molar-refractivity contribution in [1.29, 1.82) is 0 Å². The second-order valence-electron chi connectivity index (χ2n) is 5.72. The van der Waals surface area contributed by atoms with Crippen LogP contribution in [-0.4, -0.2) is 33.5 Å². The SMILES string of the molecule is OCCOc1cc(NSC2CCC2)nc(SCc2cccc(F)c2F)n1. The Kier molecular flexibility index (Phi) is 6.93. The highest BCUT2D eigenvalue weighted by molar-refractivity contribution is 8.01. The molecule has 5 nitrogen and oxygen atoms in total. The minimum atomic E-state index is -0.872. The van der Waals surface area contributed by atoms with Crippen molar-refractivity contribution in [3.8, 4) is 5.88 Å². The highest BCUT2D eigenvalue weighted by Crippen LogP contribution is 2.32. The van der Waals surface area contributed by atoms with Crippen molar-refractivity contribution in [2.75, 3.05) is 17.9 Å². The summed E-state index contributed by atoms with van der Waals surface area (Å²) in [6.07, 6.45) is 3.60. The van der Waals surface area contributed by atoms with E-state index in [2.05, 4.69) is 14.7 Å². The zero-order valence-corrected chi connectivity index (χ0v) is 15.6. The molecule has 0 aliphatic heterocycles. The first-order chi connectivity index (χ1) is 12.7. The summed E-state index contributed by atoms with van der Waals surface area (Å²) in [6, 6.07) is 5.75. The highest BCUT2D eigenvalue weighted by atomic mass is 32.2. The van der Waals surface area contributed by atoms with Crippen LogP contribution >= 0.6 is 23.7 Å². The Balaban J connectivity index is 1.69. The molecule has 1 aromatic heterocycles. The van der Waals surface area contributed by atoms with Crippen LogP contribution in [0.25, 0.3) is 0 Å². The van der Waals surface area contributed by atoms with Gasteiger partial charge >= 0.3 is 0 Å². The average molecular weight is 399 g/mol. The Morgan fingerprint density at radius 2 is 2.12 bits per heavy atom. The van der Waals surface area contributed by atoms with Crippen LogP contribution in [-0.2, 0) is 5.75 Å². The van der Waals surface area contributed by atoms with Crippen LogP contribution in [0.5, 0.6) is 5.88 Å². The van der Waals surface area contributed by atoms with Gasteiger partial charge in [-0.2, -0.15) is 4.98 Å². The van der Waals surface area contributed by atoms with Crippen LogP contribution in [0.2, 0.25) is 0 Å². The van der Waals surface area contributed by atoms with Gasteiger partial charge in [-0.1, -0.05) is 30.3 Å². The fraction of sp³-hybridized carbons (Fsp3) is 0.412. The Bertz CT molecular complexity index is 748. The van der Waals surface area contributed by atoms with E-state index < -0.39 is 11.6 Å². The lowest BCUT2D eigenvalue weighted by Gasteiger charge is -2.24. The van der Waals surface area contributed by atoms with Crippen LogP contribution < -0.4 is 9.46 Å². The number of anilines is 1. The molecular formula is C17H19F2N3O2S2. The first-order valence-corrected chi connectivity index (χ1v) is 10.1. The molecule has 0 radical (unpaired) electrons. The maximum Gasteiger partial charge on any atom is 0.219 e. The van der Waals surface area contributed by atoms with Crippen molar-refractivity contribution in [2.45, 2.75) is 35.4 Å². The van der Waals surface area contributed by atoms with E-state index in [9.17, 15) is 8.78 Å². The molecule has 9 heteroatoms. The quantitative estimate of drug-likeness (QED) is 0.375. The molecule has 0 saturated heterocycles. The van der Waals surface area contributed by atoms with Gasteiger partial charge in [0.25, 0.3) is 0 Å². The van der Waals surface area contributed by atoms with E-state index in [1.165, 1.54) is 43.2 Å². The number of halogens is 2. The molecule has 1 heterocycles. The molecule has 0 amide bonds. The lowest BCUT2D eigenvalue weighted by Crippen LogP contribution is -2.15. The number of aromatic nitrogens is 2. The summed E-state index contributed by atoms with van der Waals surface area (Å²) in [6.45, 7) is -0.00454. The number of aliphatic hydroxyl groups is 1. The van der Waals surface area contributed by atoms with E-state index in [0.29, 0.717) is 22.1 Å². The number of thioether (sulfide) groups is 1. The first-order valence-electron chi connectivity index (χ1n) is 8.26. The highest BCUT2D eigenvalue weighted by Gasteiger charge is 2.18. The molecular weight excluding hydrogens is 380 g/mol. The van der Waals surface area contributed by atoms with Gasteiger partial charge in [0.15, 0.2) is 16.8 Å². The molecule has 1 aromatic carbocycles. The van der Waals surface area contributed by atoms with E-state index in [0.717, 1.165) is 6.07 Å². The van der Waals surface area contributed by atoms with E-state index in [1.807, 2.05) is 0 Å². The van der Waals surface area contributed by atoms with E-state index in [1.54, 1.807) is 18.0 Å². The van der Waals surface area contributed by atoms with Gasteiger partial charge in [0.1, 0.15) is 12.4 Å². The van der Waals surface area contributed by atoms with Crippen molar-refractivity contribution in [2.24, 2.45) is 0 Å². The Morgan fingerprint density at radius 1 is 1.27 bits per heavy atom. The van der Waals surface area contributed by atoms with Gasteiger partial charge in [-0.25, -0.2) is 13.8 Å². The molecule has 0 spiro atoms. The molecule has 1 aliphatic carbocycles. The molecule has 0 atom stereocenters. The van der Waals surface area contributed by atoms with Gasteiger partial charge in [-0.05, 0) is 30.9 Å². The summed E-state index contributed by atoms with van der Waals surface area (Å²) in [4.78, 5) is 8.65. The Labute approximate surface area is 159 Å². The topological polar surface area (TPSA) is 67.3 Å². The van der Waals surface area contributed by atoms with Crippen molar-refractivity contribution in [3.63, 3.8) is 0 Å². The third kappa shape index (κ3) is 5.21. The molecule has 3 rings (SSSR count). The van der Waals surface area contributed by atoms with Crippen LogP contribution in [0.3, 0.4) is 0 Å². The predicted octanol–water partition coefficient (Wildman–Crippen LogP) is 4.03. The van der Waals surface area contributed by atoms with Crippen molar-refractivity contribution < 1.29 is 18.6 Å². The maximum atomic E-state index is 13.8. The van der Waals surface area contributed by atoms with Crippen molar-refractivity contribution in [3.05, 3.63) is 41.5 Å². The van der Waals surface area contributed by atoms with Gasteiger partial charge < -0.3 is 14.6 Å². The summed E-state index contributed by atoms with van der Waals surface area (Å²) in [5, 5.41) is 9.88. The van der Waals surface area contributed by atoms with Crippen LogP contribution in [0, 0.1) is 11.6 Å². The Hall–Kier alpha value is -1.58. The molecule has 0 unspecified atom stereocenters. The lowest BCUT2D eigenvalue weighted by atomic mass is 10.0. The Morgan fingerprint density at radius 3 is 2.85 bits per heavy atom. The molecule has 2 aromatic rings. The number of ether oxygens (including phenoxy) is 1. The number of hydrogen-bond acceptors (Lipinski definition) is 7. The smallest absolute Gasteiger partial charge is 0.219 e. The summed E-state index contributed by atoms with van der Waals surface area (Å²) in [5.41, 5.74) is 0.249. The van der Waals surface area contributed by atoms with Gasteiger partial charge in [-0.3, -0.25) is 0 Å². The number of aliphatic hydroxyl groups excluding tert-OH is 1. The third-order valence-corrected chi connectivity index (χ3v) is 5.82. The maximum absolute atomic E-state index is 13.8. The molecule has 1 fully saturated rings. The van der Waals surface area contributed by atoms with Crippen molar-refractivity contribution >= 4 is 29.5 Å². The second kappa shape index (κ2) is 9.38. The van der Waals surface area contributed by atoms with E-state index in [4.69, 9.17) is 9.84 Å². The van der Waals surface area contributed by atoms with Gasteiger partial charge in [0.05, 0.1) is 6.61 Å². The molecule has 0 bridgehead atoms. The van der Waals surface area contributed by atoms with Gasteiger partial charge in [-0.15, -0.1) is 0 Å². The number of rotatable bonds is 9. The van der Waals surface area contributed by atoms with Crippen LogP contribution in [0.1, 0.15) is 24.8 Å². The summed E-state index contributed by atoms with van der Waals surface area (Å²) in [7, 11) is 0. The van der Waals surface area contributed by atoms with Crippen LogP contribution in [0.15, 0.2) is 29.4 Å². The number of nitrogens with zero attached hydrogens (tertiary/aromatic N) is 2. The minimum Gasteiger partial charge on any atom is -0.475 e. The molecule has 2 N–H and O–H groups in total. The molecule has 1 aliphatic rings. The fourth-order valence-electron chi connectivity index (χ4n) is 2.18. The van der Waals surface area contributed by atoms with Gasteiger partial charge in [0, 0.05) is 22.6 Å². The normalized spacial score (nSPS) is 14.1. The predicted molar refractivity (Wildman–Crippen MR) is 99.4 cm³/mol. The fourth-order valence-corrected chi connectivity index (χ4v) is 3.97. The lowest BCUT2D eigenvalue weighted by molar-refractivity contribution is 0.195. The summed E-state index contributed by atoms with van der Waals surface area (Å²) in [5.74, 6) is -0.614. The second-order valence-corrected chi connectivity index (χ2v) is 7.77. The average Bonchev–Trinajstić information content (AvgIpc) is 2.60. The van der Waals surface area contributed by atoms with Crippen LogP contribution in [0.4, 0.5) is 14.6 Å². The van der Waals surface area contributed by atoms with E-state index >= 15 is 0 Å². The van der Waals surface area contributed by atoms with Gasteiger partial charge in [0.2, 0.25) is 5.88 Å². The monoisotopic (exact) mass is 399 g/mol. The first kappa shape index (κ1) is 19.2. The summed E-state index contributed by atoms with van der Waals surface area (Å²) >= 11 is 2.80. The number of nitrogens with one attached hydrogen (secondary N) is 1.